The van der Waals surface area contributed by atoms with Gasteiger partial charge in [-0.1, -0.05) is 74.5 Å². The van der Waals surface area contributed by atoms with Crippen molar-refractivity contribution in [3.05, 3.63) is 71.8 Å². The Morgan fingerprint density at radius 1 is 0.909 bits per heavy atom. The Kier molecular flexibility index (Phi) is 12.5. The zero-order valence-electron chi connectivity index (χ0n) is 18.8. The van der Waals surface area contributed by atoms with Crippen LogP contribution in [0.15, 0.2) is 60.7 Å². The highest BCUT2D eigenvalue weighted by molar-refractivity contribution is 9.18. The third-order valence-electron chi connectivity index (χ3n) is 4.33. The summed E-state index contributed by atoms with van der Waals surface area (Å²) in [5.74, 6) is -1.97. The van der Waals surface area contributed by atoms with Gasteiger partial charge in [0.05, 0.1) is 0 Å². The summed E-state index contributed by atoms with van der Waals surface area (Å²) in [6, 6.07) is 16.2. The number of benzene rings is 2. The summed E-state index contributed by atoms with van der Waals surface area (Å²) in [5, 5.41) is 14.5. The second-order valence-electron chi connectivity index (χ2n) is 7.49. The number of hydrogen-bond acceptors (Lipinski definition) is 5. The van der Waals surface area contributed by atoms with Crippen molar-refractivity contribution in [2.45, 2.75) is 45.9 Å². The first-order chi connectivity index (χ1) is 15.6. The van der Waals surface area contributed by atoms with Gasteiger partial charge in [-0.3, -0.25) is 9.59 Å². The van der Waals surface area contributed by atoms with E-state index in [2.05, 4.69) is 26.6 Å². The molecule has 0 saturated carbocycles. The Labute approximate surface area is 201 Å². The Morgan fingerprint density at radius 2 is 1.39 bits per heavy atom. The molecule has 0 aliphatic heterocycles. The number of amides is 2. The normalized spacial score (nSPS) is 11.9. The van der Waals surface area contributed by atoms with Gasteiger partial charge >= 0.3 is 12.1 Å². The molecule has 0 aliphatic rings. The molecule has 2 aromatic rings. The number of carbonyl (C=O) groups excluding carboxylic acids is 3. The van der Waals surface area contributed by atoms with Crippen LogP contribution in [0.25, 0.3) is 0 Å². The van der Waals surface area contributed by atoms with E-state index in [0.717, 1.165) is 11.1 Å². The minimum Gasteiger partial charge on any atom is -0.480 e. The van der Waals surface area contributed by atoms with Crippen molar-refractivity contribution in [2.75, 3.05) is 0 Å². The third kappa shape index (κ3) is 11.8. The second kappa shape index (κ2) is 14.8. The number of carbonyl (C=O) groups is 4. The summed E-state index contributed by atoms with van der Waals surface area (Å²) in [7, 11) is 0. The standard InChI is InChI=1S/C22H26N2O5.C2H3BrO/c1-15(2)19(24-22(28)29-14-17-11-7-4-8-12-17)20(25)23-18(21(26)27)13-16-9-5-3-6-10-16;1-2(3)4/h3-12,15,18-19H,13-14H2,1-2H3,(H,23,25)(H,24,28)(H,26,27);1H3/t18-,19-;/m0./s1. The lowest BCUT2D eigenvalue weighted by atomic mass is 10.0. The largest absolute Gasteiger partial charge is 0.480 e. The van der Waals surface area contributed by atoms with Gasteiger partial charge in [0.2, 0.25) is 5.91 Å². The molecular formula is C24H29BrN2O6. The monoisotopic (exact) mass is 520 g/mol. The molecule has 0 aromatic heterocycles. The average Bonchev–Trinajstić information content (AvgIpc) is 2.76. The predicted molar refractivity (Wildman–Crippen MR) is 128 cm³/mol. The second-order valence-corrected chi connectivity index (χ2v) is 8.60. The Balaban J connectivity index is 0.00000125. The zero-order chi connectivity index (χ0) is 24.8. The SMILES string of the molecule is CC(=O)Br.CC(C)[C@H](NC(=O)OCc1ccccc1)C(=O)N[C@@H](Cc1ccccc1)C(=O)O. The molecule has 9 heteroatoms. The summed E-state index contributed by atoms with van der Waals surface area (Å²) < 4.78 is 5.14. The van der Waals surface area contributed by atoms with Crippen LogP contribution in [-0.4, -0.2) is 39.9 Å². The van der Waals surface area contributed by atoms with Crippen molar-refractivity contribution in [1.29, 1.82) is 0 Å². The van der Waals surface area contributed by atoms with Crippen molar-refractivity contribution in [1.82, 2.24) is 10.6 Å². The predicted octanol–water partition coefficient (Wildman–Crippen LogP) is 3.68. The van der Waals surface area contributed by atoms with Gasteiger partial charge in [-0.15, -0.1) is 0 Å². The lowest BCUT2D eigenvalue weighted by Crippen LogP contribution is -2.54. The zero-order valence-corrected chi connectivity index (χ0v) is 20.4. The number of carboxylic acids is 1. The van der Waals surface area contributed by atoms with Crippen LogP contribution in [0.1, 0.15) is 31.9 Å². The van der Waals surface area contributed by atoms with E-state index in [-0.39, 0.29) is 23.6 Å². The van der Waals surface area contributed by atoms with E-state index in [1.807, 2.05) is 36.4 Å². The van der Waals surface area contributed by atoms with E-state index in [1.54, 1.807) is 38.1 Å². The molecule has 0 spiro atoms. The van der Waals surface area contributed by atoms with Crippen molar-refractivity contribution >= 4 is 38.6 Å². The number of ether oxygens (including phenoxy) is 1. The number of aliphatic carboxylic acids is 1. The minimum atomic E-state index is -1.14. The number of carboxylic acid groups (broad SMARTS) is 1. The number of hydrogen-bond donors (Lipinski definition) is 3. The molecule has 2 aromatic carbocycles. The molecule has 2 atom stereocenters. The molecule has 178 valence electrons. The van der Waals surface area contributed by atoms with Gasteiger partial charge in [0, 0.05) is 13.3 Å². The minimum absolute atomic E-state index is 0.0208. The maximum atomic E-state index is 12.7. The van der Waals surface area contributed by atoms with Gasteiger partial charge in [0.1, 0.15) is 18.7 Å². The highest BCUT2D eigenvalue weighted by atomic mass is 79.9. The first kappa shape index (κ1) is 27.8. The van der Waals surface area contributed by atoms with Gasteiger partial charge in [-0.25, -0.2) is 9.59 Å². The van der Waals surface area contributed by atoms with E-state index in [9.17, 15) is 24.3 Å². The molecule has 8 nitrogen and oxygen atoms in total. The molecule has 0 fully saturated rings. The maximum absolute atomic E-state index is 12.7. The summed E-state index contributed by atoms with van der Waals surface area (Å²) in [5.41, 5.74) is 1.61. The van der Waals surface area contributed by atoms with Crippen LogP contribution >= 0.6 is 15.9 Å². The summed E-state index contributed by atoms with van der Waals surface area (Å²) in [4.78, 5) is 45.7. The van der Waals surface area contributed by atoms with E-state index in [1.165, 1.54) is 6.92 Å². The van der Waals surface area contributed by atoms with E-state index < -0.39 is 30.1 Å². The fourth-order valence-corrected chi connectivity index (χ4v) is 2.74. The first-order valence-electron chi connectivity index (χ1n) is 10.3. The Morgan fingerprint density at radius 3 is 1.85 bits per heavy atom. The molecule has 2 amide bonds. The van der Waals surface area contributed by atoms with Crippen LogP contribution in [0, 0.1) is 5.92 Å². The number of nitrogens with one attached hydrogen (secondary N) is 2. The van der Waals surface area contributed by atoms with Gasteiger partial charge in [0.25, 0.3) is 0 Å². The van der Waals surface area contributed by atoms with E-state index >= 15 is 0 Å². The molecule has 0 saturated heterocycles. The fourth-order valence-electron chi connectivity index (χ4n) is 2.74. The summed E-state index contributed by atoms with van der Waals surface area (Å²) in [6.07, 6.45) is -0.594. The Bertz CT molecular complexity index is 902. The van der Waals surface area contributed by atoms with Gasteiger partial charge in [0.15, 0.2) is 4.69 Å². The van der Waals surface area contributed by atoms with Crippen LogP contribution in [0.4, 0.5) is 4.79 Å². The lowest BCUT2D eigenvalue weighted by molar-refractivity contribution is -0.142. The van der Waals surface area contributed by atoms with Crippen LogP contribution in [0.5, 0.6) is 0 Å². The molecule has 0 radical (unpaired) electrons. The number of rotatable bonds is 9. The number of alkyl carbamates (subject to hydrolysis) is 1. The topological polar surface area (TPSA) is 122 Å². The fraction of sp³-hybridized carbons (Fsp3) is 0.333. The van der Waals surface area contributed by atoms with Crippen LogP contribution in [-0.2, 0) is 32.1 Å². The van der Waals surface area contributed by atoms with Crippen LogP contribution in [0.3, 0.4) is 0 Å². The van der Waals surface area contributed by atoms with Gasteiger partial charge < -0.3 is 20.5 Å². The highest BCUT2D eigenvalue weighted by Crippen LogP contribution is 2.08. The maximum Gasteiger partial charge on any atom is 0.408 e. The summed E-state index contributed by atoms with van der Waals surface area (Å²) >= 11 is 2.63. The smallest absolute Gasteiger partial charge is 0.408 e. The third-order valence-corrected chi connectivity index (χ3v) is 4.33. The highest BCUT2D eigenvalue weighted by Gasteiger charge is 2.29. The van der Waals surface area contributed by atoms with Crippen molar-refractivity contribution in [3.8, 4) is 0 Å². The van der Waals surface area contributed by atoms with Crippen LogP contribution in [0.2, 0.25) is 0 Å². The molecule has 3 N–H and O–H groups in total. The summed E-state index contributed by atoms with van der Waals surface area (Å²) in [6.45, 7) is 5.04. The van der Waals surface area contributed by atoms with Gasteiger partial charge in [-0.05, 0) is 33.0 Å². The Hall–Kier alpha value is -3.20. The molecule has 0 unspecified atom stereocenters. The van der Waals surface area contributed by atoms with Crippen LogP contribution < -0.4 is 10.6 Å². The lowest BCUT2D eigenvalue weighted by Gasteiger charge is -2.24. The van der Waals surface area contributed by atoms with E-state index in [4.69, 9.17) is 4.74 Å². The van der Waals surface area contributed by atoms with Crippen molar-refractivity contribution in [2.24, 2.45) is 5.92 Å². The molecule has 2 rings (SSSR count). The quantitative estimate of drug-likeness (QED) is 0.433. The average molecular weight is 521 g/mol. The van der Waals surface area contributed by atoms with Crippen molar-refractivity contribution in [3.63, 3.8) is 0 Å². The molecule has 0 aliphatic carbocycles. The molecular weight excluding hydrogens is 492 g/mol. The van der Waals surface area contributed by atoms with Gasteiger partial charge in [-0.2, -0.15) is 0 Å². The molecule has 33 heavy (non-hydrogen) atoms. The molecule has 0 heterocycles. The first-order valence-corrected chi connectivity index (χ1v) is 11.1. The van der Waals surface area contributed by atoms with E-state index in [0.29, 0.717) is 0 Å². The molecule has 0 bridgehead atoms. The number of halogens is 1. The van der Waals surface area contributed by atoms with Crippen molar-refractivity contribution < 1.29 is 29.0 Å².